The third-order valence-electron chi connectivity index (χ3n) is 4.88. The minimum absolute atomic E-state index is 0.270. The van der Waals surface area contributed by atoms with Gasteiger partial charge in [-0.3, -0.25) is 20.2 Å². The number of hydrogen-bond acceptors (Lipinski definition) is 5. The maximum absolute atomic E-state index is 12.2. The molecule has 2 amide bonds. The summed E-state index contributed by atoms with van der Waals surface area (Å²) in [6, 6.07) is 17.8. The van der Waals surface area contributed by atoms with Gasteiger partial charge >= 0.3 is 6.09 Å². The molecule has 7 heteroatoms. The number of nitrogens with one attached hydrogen (secondary N) is 2. The summed E-state index contributed by atoms with van der Waals surface area (Å²) in [5.74, 6) is -0.187. The number of amides is 2. The van der Waals surface area contributed by atoms with Gasteiger partial charge in [-0.25, -0.2) is 10.3 Å². The summed E-state index contributed by atoms with van der Waals surface area (Å²) in [6.07, 6.45) is -0.633. The molecule has 0 atom stereocenters. The second-order valence-electron chi connectivity index (χ2n) is 6.84. The predicted octanol–water partition coefficient (Wildman–Crippen LogP) is 4.41. The Morgan fingerprint density at radius 3 is 2.27 bits per heavy atom. The summed E-state index contributed by atoms with van der Waals surface area (Å²) in [5, 5.41) is 13.3. The van der Waals surface area contributed by atoms with E-state index in [0.717, 1.165) is 30.4 Å². The Hall–Kier alpha value is -3.42. The number of hydrogen-bond donors (Lipinski definition) is 3. The van der Waals surface area contributed by atoms with Crippen molar-refractivity contribution in [2.24, 2.45) is 0 Å². The van der Waals surface area contributed by atoms with Crippen LogP contribution in [0.2, 0.25) is 0 Å². The van der Waals surface area contributed by atoms with E-state index in [-0.39, 0.29) is 5.56 Å². The quantitative estimate of drug-likeness (QED) is 0.399. The first-order valence-corrected chi connectivity index (χ1v) is 9.80. The first-order valence-electron chi connectivity index (χ1n) is 9.80. The van der Waals surface area contributed by atoms with Gasteiger partial charge in [0.1, 0.15) is 5.75 Å². The molecular weight excluding hydrogens is 382 g/mol. The number of nitrogens with zero attached hydrogens (tertiary/aromatic N) is 1. The van der Waals surface area contributed by atoms with Crippen LogP contribution < -0.4 is 15.5 Å². The Bertz CT molecular complexity index is 1030. The maximum Gasteiger partial charge on any atom is 0.417 e. The van der Waals surface area contributed by atoms with E-state index in [1.807, 2.05) is 18.2 Å². The van der Waals surface area contributed by atoms with Crippen LogP contribution in [0.5, 0.6) is 5.75 Å². The van der Waals surface area contributed by atoms with Gasteiger partial charge in [0.05, 0.1) is 0 Å². The van der Waals surface area contributed by atoms with E-state index >= 15 is 0 Å². The minimum atomic E-state index is -0.633. The Morgan fingerprint density at radius 1 is 0.933 bits per heavy atom. The second kappa shape index (κ2) is 9.87. The highest BCUT2D eigenvalue weighted by atomic mass is 16.6. The van der Waals surface area contributed by atoms with Crippen LogP contribution in [0.15, 0.2) is 60.7 Å². The largest absolute Gasteiger partial charge is 0.417 e. The number of hydroxylamine groups is 1. The molecule has 156 valence electrons. The zero-order chi connectivity index (χ0) is 21.5. The Labute approximate surface area is 175 Å². The first kappa shape index (κ1) is 21.3. The maximum atomic E-state index is 12.2. The minimum Gasteiger partial charge on any atom is -0.410 e. The molecule has 0 bridgehead atoms. The average molecular weight is 407 g/mol. The van der Waals surface area contributed by atoms with Crippen molar-refractivity contribution < 1.29 is 19.5 Å². The predicted molar refractivity (Wildman–Crippen MR) is 116 cm³/mol. The van der Waals surface area contributed by atoms with Crippen LogP contribution in [0, 0.1) is 0 Å². The molecule has 3 rings (SSSR count). The van der Waals surface area contributed by atoms with Gasteiger partial charge in [0, 0.05) is 17.8 Å². The Morgan fingerprint density at radius 2 is 1.60 bits per heavy atom. The summed E-state index contributed by atoms with van der Waals surface area (Å²) < 4.78 is 5.38. The molecule has 3 aromatic carbocycles. The number of fused-ring (bicyclic) bond motifs is 1. The van der Waals surface area contributed by atoms with E-state index in [0.29, 0.717) is 11.4 Å². The number of carbonyl (C=O) groups excluding carboxylic acids is 2. The lowest BCUT2D eigenvalue weighted by Crippen LogP contribution is -2.21. The number of carbonyl (C=O) groups is 2. The molecule has 0 unspecified atom stereocenters. The second-order valence-corrected chi connectivity index (χ2v) is 6.84. The van der Waals surface area contributed by atoms with Crippen LogP contribution in [0.3, 0.4) is 0 Å². The van der Waals surface area contributed by atoms with Gasteiger partial charge in [-0.05, 0) is 71.9 Å². The third-order valence-corrected chi connectivity index (χ3v) is 4.88. The lowest BCUT2D eigenvalue weighted by atomic mass is 10.1. The van der Waals surface area contributed by atoms with Gasteiger partial charge < -0.3 is 4.74 Å². The van der Waals surface area contributed by atoms with Crippen molar-refractivity contribution in [3.8, 4) is 5.75 Å². The van der Waals surface area contributed by atoms with Crippen molar-refractivity contribution in [2.75, 3.05) is 18.4 Å². The van der Waals surface area contributed by atoms with Crippen LogP contribution in [-0.2, 0) is 6.54 Å². The number of anilines is 1. The average Bonchev–Trinajstić information content (AvgIpc) is 2.77. The van der Waals surface area contributed by atoms with Gasteiger partial charge in [0.25, 0.3) is 5.91 Å². The molecule has 0 spiro atoms. The standard InChI is InChI=1S/C23H25N3O4/c1-3-26(4-2)15-16-5-6-19-14-21(12-9-18(19)13-16)30-23(28)24-20-10-7-17(8-11-20)22(27)25-29/h5-14,29H,3-4,15H2,1-2H3,(H,24,28)(H,25,27). The molecule has 30 heavy (non-hydrogen) atoms. The van der Waals surface area contributed by atoms with Crippen LogP contribution in [-0.4, -0.2) is 35.2 Å². The van der Waals surface area contributed by atoms with Crippen molar-refractivity contribution in [3.63, 3.8) is 0 Å². The molecule has 0 heterocycles. The number of benzene rings is 3. The zero-order valence-electron chi connectivity index (χ0n) is 17.0. The van der Waals surface area contributed by atoms with E-state index < -0.39 is 12.0 Å². The third kappa shape index (κ3) is 5.34. The molecule has 0 aliphatic carbocycles. The molecule has 0 aromatic heterocycles. The highest BCUT2D eigenvalue weighted by molar-refractivity contribution is 5.94. The lowest BCUT2D eigenvalue weighted by Gasteiger charge is -2.18. The van der Waals surface area contributed by atoms with Gasteiger partial charge in [0.2, 0.25) is 0 Å². The molecule has 7 nitrogen and oxygen atoms in total. The highest BCUT2D eigenvalue weighted by Crippen LogP contribution is 2.23. The SMILES string of the molecule is CCN(CC)Cc1ccc2cc(OC(=O)Nc3ccc(C(=O)NO)cc3)ccc2c1. The molecule has 3 N–H and O–H groups in total. The van der Waals surface area contributed by atoms with Crippen molar-refractivity contribution in [1.29, 1.82) is 0 Å². The fraction of sp³-hybridized carbons (Fsp3) is 0.217. The molecule has 0 aliphatic rings. The smallest absolute Gasteiger partial charge is 0.410 e. The van der Waals surface area contributed by atoms with Crippen molar-refractivity contribution in [3.05, 3.63) is 71.8 Å². The fourth-order valence-electron chi connectivity index (χ4n) is 3.16. The molecule has 0 fully saturated rings. The monoisotopic (exact) mass is 407 g/mol. The van der Waals surface area contributed by atoms with Crippen LogP contribution in [0.25, 0.3) is 10.8 Å². The summed E-state index contributed by atoms with van der Waals surface area (Å²) in [7, 11) is 0. The lowest BCUT2D eigenvalue weighted by molar-refractivity contribution is 0.0706. The summed E-state index contributed by atoms with van der Waals surface area (Å²) in [4.78, 5) is 25.9. The molecule has 0 aliphatic heterocycles. The Kier molecular flexibility index (Phi) is 7.00. The van der Waals surface area contributed by atoms with E-state index in [2.05, 4.69) is 36.2 Å². The fourth-order valence-corrected chi connectivity index (χ4v) is 3.16. The summed E-state index contributed by atoms with van der Waals surface area (Å²) in [6.45, 7) is 7.22. The number of rotatable bonds is 7. The topological polar surface area (TPSA) is 90.9 Å². The Balaban J connectivity index is 1.65. The van der Waals surface area contributed by atoms with Gasteiger partial charge in [-0.1, -0.05) is 32.0 Å². The molecule has 3 aromatic rings. The summed E-state index contributed by atoms with van der Waals surface area (Å²) in [5.41, 5.74) is 3.54. The van der Waals surface area contributed by atoms with Crippen molar-refractivity contribution >= 4 is 28.5 Å². The van der Waals surface area contributed by atoms with Gasteiger partial charge in [-0.2, -0.15) is 0 Å². The first-order chi connectivity index (χ1) is 14.5. The molecule has 0 saturated heterocycles. The highest BCUT2D eigenvalue weighted by Gasteiger charge is 2.09. The van der Waals surface area contributed by atoms with Crippen LogP contribution >= 0.6 is 0 Å². The molecule has 0 saturated carbocycles. The van der Waals surface area contributed by atoms with E-state index in [4.69, 9.17) is 9.94 Å². The van der Waals surface area contributed by atoms with Crippen LogP contribution in [0.1, 0.15) is 29.8 Å². The van der Waals surface area contributed by atoms with Crippen LogP contribution in [0.4, 0.5) is 10.5 Å². The van der Waals surface area contributed by atoms with E-state index in [1.165, 1.54) is 17.7 Å². The van der Waals surface area contributed by atoms with Crippen molar-refractivity contribution in [2.45, 2.75) is 20.4 Å². The van der Waals surface area contributed by atoms with E-state index in [1.54, 1.807) is 23.7 Å². The van der Waals surface area contributed by atoms with E-state index in [9.17, 15) is 9.59 Å². The summed E-state index contributed by atoms with van der Waals surface area (Å²) >= 11 is 0. The zero-order valence-corrected chi connectivity index (χ0v) is 17.0. The normalized spacial score (nSPS) is 10.8. The number of ether oxygens (including phenoxy) is 1. The van der Waals surface area contributed by atoms with Gasteiger partial charge in [-0.15, -0.1) is 0 Å². The van der Waals surface area contributed by atoms with Gasteiger partial charge in [0.15, 0.2) is 0 Å². The van der Waals surface area contributed by atoms with Crippen molar-refractivity contribution in [1.82, 2.24) is 10.4 Å². The molecular formula is C23H25N3O4. The molecule has 0 radical (unpaired) electrons.